The molecule has 1 heterocycles. The molecule has 19 heavy (non-hydrogen) atoms. The third-order valence-corrected chi connectivity index (χ3v) is 6.95. The summed E-state index contributed by atoms with van der Waals surface area (Å²) >= 11 is 0. The first-order chi connectivity index (χ1) is 9.13. The van der Waals surface area contributed by atoms with Gasteiger partial charge in [-0.15, -0.1) is 0 Å². The quantitative estimate of drug-likeness (QED) is 0.844. The average molecular weight is 287 g/mol. The van der Waals surface area contributed by atoms with Crippen molar-refractivity contribution in [2.45, 2.75) is 75.5 Å². The summed E-state index contributed by atoms with van der Waals surface area (Å²) < 4.78 is 18.5. The summed E-state index contributed by atoms with van der Waals surface area (Å²) in [6, 6.07) is 0.449. The molecule has 0 radical (unpaired) electrons. The van der Waals surface area contributed by atoms with Crippen molar-refractivity contribution < 1.29 is 8.95 Å². The van der Waals surface area contributed by atoms with Crippen LogP contribution in [0.25, 0.3) is 0 Å². The van der Waals surface area contributed by atoms with E-state index in [9.17, 15) is 4.21 Å². The van der Waals surface area contributed by atoms with Crippen LogP contribution < -0.4 is 5.32 Å². The zero-order valence-electron chi connectivity index (χ0n) is 12.6. The lowest BCUT2D eigenvalue weighted by Gasteiger charge is -2.36. The second kappa shape index (κ2) is 7.19. The lowest BCUT2D eigenvalue weighted by molar-refractivity contribution is 0.126. The Hall–Kier alpha value is 0.0700. The van der Waals surface area contributed by atoms with Gasteiger partial charge in [-0.25, -0.2) is 0 Å². The monoisotopic (exact) mass is 287 g/mol. The van der Waals surface area contributed by atoms with Crippen LogP contribution in [0.2, 0.25) is 0 Å². The van der Waals surface area contributed by atoms with Gasteiger partial charge in [-0.1, -0.05) is 13.8 Å². The smallest absolute Gasteiger partial charge is 0.0691 e. The van der Waals surface area contributed by atoms with Crippen molar-refractivity contribution >= 4 is 10.8 Å². The van der Waals surface area contributed by atoms with Gasteiger partial charge >= 0.3 is 0 Å². The van der Waals surface area contributed by atoms with Gasteiger partial charge in [0.25, 0.3) is 0 Å². The van der Waals surface area contributed by atoms with Crippen LogP contribution in [0.3, 0.4) is 0 Å². The third kappa shape index (κ3) is 3.79. The number of hydrogen-bond donors (Lipinski definition) is 1. The lowest BCUT2D eigenvalue weighted by atomic mass is 9.87. The van der Waals surface area contributed by atoms with Gasteiger partial charge in [-0.2, -0.15) is 0 Å². The molecule has 1 aliphatic heterocycles. The van der Waals surface area contributed by atoms with Gasteiger partial charge in [0, 0.05) is 23.4 Å². The van der Waals surface area contributed by atoms with E-state index in [2.05, 4.69) is 26.1 Å². The zero-order valence-corrected chi connectivity index (χ0v) is 13.4. The maximum Gasteiger partial charge on any atom is 0.0691 e. The van der Waals surface area contributed by atoms with Crippen molar-refractivity contribution in [2.24, 2.45) is 5.92 Å². The Morgan fingerprint density at radius 1 is 1.21 bits per heavy atom. The Morgan fingerprint density at radius 3 is 2.63 bits per heavy atom. The van der Waals surface area contributed by atoms with E-state index in [-0.39, 0.29) is 11.4 Å². The molecule has 1 saturated heterocycles. The van der Waals surface area contributed by atoms with E-state index >= 15 is 0 Å². The Morgan fingerprint density at radius 2 is 2.00 bits per heavy atom. The van der Waals surface area contributed by atoms with Crippen LogP contribution in [0.1, 0.15) is 52.9 Å². The normalized spacial score (nSPS) is 41.3. The molecule has 4 heteroatoms. The fraction of sp³-hybridized carbons (Fsp3) is 1.00. The number of nitrogens with one attached hydrogen (secondary N) is 1. The number of rotatable bonds is 5. The maximum absolute atomic E-state index is 12.9. The Kier molecular flexibility index (Phi) is 5.85. The molecule has 0 aromatic heterocycles. The van der Waals surface area contributed by atoms with Crippen LogP contribution in [0, 0.1) is 5.92 Å². The molecule has 1 N–H and O–H groups in total. The van der Waals surface area contributed by atoms with E-state index in [1.165, 1.54) is 12.8 Å². The topological polar surface area (TPSA) is 38.3 Å². The highest BCUT2D eigenvalue weighted by Crippen LogP contribution is 2.32. The third-order valence-electron chi connectivity index (χ3n) is 4.61. The van der Waals surface area contributed by atoms with Gasteiger partial charge in [0.2, 0.25) is 0 Å². The summed E-state index contributed by atoms with van der Waals surface area (Å²) in [7, 11) is -0.754. The van der Waals surface area contributed by atoms with Gasteiger partial charge in [0.15, 0.2) is 0 Å². The predicted molar refractivity (Wildman–Crippen MR) is 80.8 cm³/mol. The van der Waals surface area contributed by atoms with E-state index in [1.54, 1.807) is 0 Å². The SMILES string of the molecule is CCCNC1CCC(C)CC1S(=O)C1CCOC1C. The van der Waals surface area contributed by atoms with Crippen LogP contribution in [0.4, 0.5) is 0 Å². The average Bonchev–Trinajstić information content (AvgIpc) is 2.82. The summed E-state index contributed by atoms with van der Waals surface area (Å²) in [5, 5.41) is 4.20. The molecule has 0 aromatic carbocycles. The van der Waals surface area contributed by atoms with Gasteiger partial charge in [0.1, 0.15) is 0 Å². The van der Waals surface area contributed by atoms with Crippen LogP contribution in [-0.2, 0) is 15.5 Å². The Balaban J connectivity index is 2.01. The van der Waals surface area contributed by atoms with E-state index < -0.39 is 10.8 Å². The standard InChI is InChI=1S/C15H29NO2S/c1-4-8-16-13-6-5-11(2)10-15(13)19(17)14-7-9-18-12(14)3/h11-16H,4-10H2,1-3H3. The zero-order chi connectivity index (χ0) is 13.8. The van der Waals surface area contributed by atoms with E-state index in [0.717, 1.165) is 32.4 Å². The first-order valence-electron chi connectivity index (χ1n) is 7.87. The van der Waals surface area contributed by atoms with Crippen molar-refractivity contribution in [3.63, 3.8) is 0 Å². The second-order valence-electron chi connectivity index (χ2n) is 6.25. The summed E-state index contributed by atoms with van der Waals surface area (Å²) in [6.45, 7) is 8.40. The van der Waals surface area contributed by atoms with E-state index in [4.69, 9.17) is 4.74 Å². The van der Waals surface area contributed by atoms with Crippen molar-refractivity contribution in [3.8, 4) is 0 Å². The molecule has 2 aliphatic rings. The van der Waals surface area contributed by atoms with E-state index in [1.807, 2.05) is 0 Å². The number of ether oxygens (including phenoxy) is 1. The van der Waals surface area contributed by atoms with Gasteiger partial charge < -0.3 is 10.1 Å². The summed E-state index contributed by atoms with van der Waals surface area (Å²) in [6.07, 6.45) is 5.85. The fourth-order valence-corrected chi connectivity index (χ4v) is 5.70. The van der Waals surface area contributed by atoms with Crippen LogP contribution in [-0.4, -0.2) is 40.0 Å². The highest BCUT2D eigenvalue weighted by molar-refractivity contribution is 7.86. The molecule has 0 amide bonds. The molecule has 6 unspecified atom stereocenters. The molecular weight excluding hydrogens is 258 g/mol. The highest BCUT2D eigenvalue weighted by Gasteiger charge is 2.39. The molecule has 3 nitrogen and oxygen atoms in total. The lowest BCUT2D eigenvalue weighted by Crippen LogP contribution is -2.49. The van der Waals surface area contributed by atoms with Crippen LogP contribution >= 0.6 is 0 Å². The molecule has 112 valence electrons. The molecule has 0 spiro atoms. The van der Waals surface area contributed by atoms with E-state index in [0.29, 0.717) is 17.2 Å². The van der Waals surface area contributed by atoms with Crippen LogP contribution in [0.15, 0.2) is 0 Å². The maximum atomic E-state index is 12.9. The minimum atomic E-state index is -0.754. The molecule has 2 fully saturated rings. The Labute approximate surface area is 120 Å². The van der Waals surface area contributed by atoms with Gasteiger partial charge in [-0.3, -0.25) is 4.21 Å². The molecule has 0 aromatic rings. The summed E-state index contributed by atoms with van der Waals surface area (Å²) in [4.78, 5) is 0. The molecular formula is C15H29NO2S. The Bertz CT molecular complexity index is 309. The highest BCUT2D eigenvalue weighted by atomic mass is 32.2. The first-order valence-corrected chi connectivity index (χ1v) is 9.15. The van der Waals surface area contributed by atoms with Crippen molar-refractivity contribution in [3.05, 3.63) is 0 Å². The summed E-state index contributed by atoms with van der Waals surface area (Å²) in [5.41, 5.74) is 0. The minimum Gasteiger partial charge on any atom is -0.377 e. The molecule has 2 rings (SSSR count). The number of hydrogen-bond acceptors (Lipinski definition) is 3. The fourth-order valence-electron chi connectivity index (χ4n) is 3.39. The predicted octanol–water partition coefficient (Wildman–Crippen LogP) is 2.47. The largest absolute Gasteiger partial charge is 0.377 e. The molecule has 1 aliphatic carbocycles. The van der Waals surface area contributed by atoms with Gasteiger partial charge in [-0.05, 0) is 51.5 Å². The molecule has 0 bridgehead atoms. The molecule has 1 saturated carbocycles. The minimum absolute atomic E-state index is 0.171. The second-order valence-corrected chi connectivity index (χ2v) is 8.12. The van der Waals surface area contributed by atoms with Crippen molar-refractivity contribution in [1.82, 2.24) is 5.32 Å². The molecule has 6 atom stereocenters. The van der Waals surface area contributed by atoms with Crippen molar-refractivity contribution in [2.75, 3.05) is 13.2 Å². The van der Waals surface area contributed by atoms with Crippen molar-refractivity contribution in [1.29, 1.82) is 0 Å². The first kappa shape index (κ1) is 15.5. The van der Waals surface area contributed by atoms with Gasteiger partial charge in [0.05, 0.1) is 16.6 Å². The summed E-state index contributed by atoms with van der Waals surface area (Å²) in [5.74, 6) is 0.714. The van der Waals surface area contributed by atoms with Crippen LogP contribution in [0.5, 0.6) is 0 Å².